The minimum absolute atomic E-state index is 0.0677. The fourth-order valence-corrected chi connectivity index (χ4v) is 2.95. The second-order valence-corrected chi connectivity index (χ2v) is 6.87. The lowest BCUT2D eigenvalue weighted by molar-refractivity contribution is -0.137. The van der Waals surface area contributed by atoms with Gasteiger partial charge in [0.2, 0.25) is 5.91 Å². The van der Waals surface area contributed by atoms with Crippen LogP contribution in [-0.4, -0.2) is 23.6 Å². The summed E-state index contributed by atoms with van der Waals surface area (Å²) < 4.78 is 19.3. The molecule has 1 saturated carbocycles. The fraction of sp³-hybridized carbons (Fsp3) is 0.333. The molecule has 0 bridgehead atoms. The number of carboxylic acids is 1. The van der Waals surface area contributed by atoms with Gasteiger partial charge in [-0.25, -0.2) is 4.39 Å². The molecular weight excluding hydrogens is 349 g/mol. The molecule has 1 fully saturated rings. The van der Waals surface area contributed by atoms with Crippen molar-refractivity contribution < 1.29 is 23.8 Å². The van der Waals surface area contributed by atoms with Crippen molar-refractivity contribution in [2.24, 2.45) is 5.41 Å². The summed E-state index contributed by atoms with van der Waals surface area (Å²) in [5, 5.41) is 11.5. The smallest absolute Gasteiger partial charge is 0.303 e. The molecule has 0 saturated heterocycles. The second kappa shape index (κ2) is 8.20. The molecule has 142 valence electrons. The van der Waals surface area contributed by atoms with Gasteiger partial charge in [0.05, 0.1) is 12.0 Å². The summed E-state index contributed by atoms with van der Waals surface area (Å²) in [6, 6.07) is 13.5. The summed E-state index contributed by atoms with van der Waals surface area (Å²) in [6.07, 6.45) is 2.40. The summed E-state index contributed by atoms with van der Waals surface area (Å²) in [6.45, 7) is 0.323. The maximum Gasteiger partial charge on any atom is 0.303 e. The summed E-state index contributed by atoms with van der Waals surface area (Å²) in [5.74, 6) is -0.603. The number of hydrogen-bond donors (Lipinski definition) is 2. The van der Waals surface area contributed by atoms with Crippen LogP contribution in [0, 0.1) is 11.2 Å². The number of halogens is 1. The Morgan fingerprint density at radius 1 is 1.11 bits per heavy atom. The molecule has 0 unspecified atom stereocenters. The molecule has 1 aliphatic carbocycles. The summed E-state index contributed by atoms with van der Waals surface area (Å²) in [7, 11) is 0. The molecule has 2 N–H and O–H groups in total. The molecule has 0 aliphatic heterocycles. The first kappa shape index (κ1) is 18.9. The Labute approximate surface area is 157 Å². The minimum Gasteiger partial charge on any atom is -0.494 e. The van der Waals surface area contributed by atoms with E-state index in [-0.39, 0.29) is 18.1 Å². The quantitative estimate of drug-likeness (QED) is 0.653. The van der Waals surface area contributed by atoms with Gasteiger partial charge in [-0.1, -0.05) is 18.2 Å². The normalized spacial score (nSPS) is 14.4. The standard InChI is InChI=1S/C21H22FNO4/c22-18-5-2-1-4-15(18)14-21(11-12-21)20(26)23-16-7-9-17(10-8-16)27-13-3-6-19(24)25/h1-2,4-5,7-10H,3,6,11-14H2,(H,23,26)(H,24,25). The number of carbonyl (C=O) groups is 2. The van der Waals surface area contributed by atoms with Gasteiger partial charge in [-0.2, -0.15) is 0 Å². The number of amides is 1. The van der Waals surface area contributed by atoms with Gasteiger partial charge >= 0.3 is 5.97 Å². The highest BCUT2D eigenvalue weighted by Gasteiger charge is 2.49. The average Bonchev–Trinajstić information content (AvgIpc) is 3.43. The van der Waals surface area contributed by atoms with Crippen molar-refractivity contribution in [2.45, 2.75) is 32.1 Å². The highest BCUT2D eigenvalue weighted by atomic mass is 19.1. The van der Waals surface area contributed by atoms with E-state index >= 15 is 0 Å². The van der Waals surface area contributed by atoms with Crippen LogP contribution in [0.1, 0.15) is 31.2 Å². The third-order valence-corrected chi connectivity index (χ3v) is 4.74. The van der Waals surface area contributed by atoms with Crippen LogP contribution in [0.2, 0.25) is 0 Å². The topological polar surface area (TPSA) is 75.6 Å². The Morgan fingerprint density at radius 2 is 1.81 bits per heavy atom. The zero-order valence-electron chi connectivity index (χ0n) is 14.9. The van der Waals surface area contributed by atoms with E-state index in [0.717, 1.165) is 12.8 Å². The fourth-order valence-electron chi connectivity index (χ4n) is 2.95. The van der Waals surface area contributed by atoms with Gasteiger partial charge in [-0.15, -0.1) is 0 Å². The maximum absolute atomic E-state index is 13.9. The monoisotopic (exact) mass is 371 g/mol. The highest BCUT2D eigenvalue weighted by Crippen LogP contribution is 2.49. The predicted molar refractivity (Wildman–Crippen MR) is 99.2 cm³/mol. The molecule has 2 aromatic carbocycles. The number of carboxylic acid groups (broad SMARTS) is 1. The minimum atomic E-state index is -0.846. The second-order valence-electron chi connectivity index (χ2n) is 6.87. The van der Waals surface area contributed by atoms with E-state index in [1.54, 1.807) is 42.5 Å². The third kappa shape index (κ3) is 5.06. The van der Waals surface area contributed by atoms with E-state index in [2.05, 4.69) is 5.32 Å². The van der Waals surface area contributed by atoms with E-state index in [1.165, 1.54) is 6.07 Å². The number of hydrogen-bond acceptors (Lipinski definition) is 3. The summed E-state index contributed by atoms with van der Waals surface area (Å²) >= 11 is 0. The molecule has 1 amide bonds. The lowest BCUT2D eigenvalue weighted by Crippen LogP contribution is -2.26. The zero-order valence-corrected chi connectivity index (χ0v) is 14.9. The van der Waals surface area contributed by atoms with Crippen LogP contribution in [0.25, 0.3) is 0 Å². The lowest BCUT2D eigenvalue weighted by atomic mass is 9.95. The van der Waals surface area contributed by atoms with E-state index in [1.807, 2.05) is 0 Å². The summed E-state index contributed by atoms with van der Waals surface area (Å²) in [4.78, 5) is 23.1. The molecule has 0 atom stereocenters. The first-order valence-electron chi connectivity index (χ1n) is 8.98. The number of rotatable bonds is 9. The molecule has 2 aromatic rings. The average molecular weight is 371 g/mol. The van der Waals surface area contributed by atoms with Gasteiger partial charge in [-0.05, 0) is 61.6 Å². The number of ether oxygens (including phenoxy) is 1. The molecular formula is C21H22FNO4. The number of nitrogens with one attached hydrogen (secondary N) is 1. The van der Waals surface area contributed by atoms with Gasteiger partial charge in [0.25, 0.3) is 0 Å². The Bertz CT molecular complexity index is 815. The largest absolute Gasteiger partial charge is 0.494 e. The molecule has 0 heterocycles. The first-order chi connectivity index (χ1) is 13.0. The Balaban J connectivity index is 1.53. The molecule has 0 spiro atoms. The van der Waals surface area contributed by atoms with E-state index in [0.29, 0.717) is 36.4 Å². The number of benzene rings is 2. The first-order valence-corrected chi connectivity index (χ1v) is 8.98. The molecule has 3 rings (SSSR count). The molecule has 6 heteroatoms. The molecule has 27 heavy (non-hydrogen) atoms. The predicted octanol–water partition coefficient (Wildman–Crippen LogP) is 4.03. The number of aliphatic carboxylic acids is 1. The van der Waals surface area contributed by atoms with Crippen LogP contribution in [0.15, 0.2) is 48.5 Å². The van der Waals surface area contributed by atoms with Crippen LogP contribution >= 0.6 is 0 Å². The van der Waals surface area contributed by atoms with Crippen molar-refractivity contribution in [3.05, 3.63) is 59.9 Å². The van der Waals surface area contributed by atoms with Crippen molar-refractivity contribution >= 4 is 17.6 Å². The Hall–Kier alpha value is -2.89. The molecule has 5 nitrogen and oxygen atoms in total. The van der Waals surface area contributed by atoms with Crippen LogP contribution in [0.3, 0.4) is 0 Å². The van der Waals surface area contributed by atoms with Crippen molar-refractivity contribution in [1.29, 1.82) is 0 Å². The molecule has 1 aliphatic rings. The molecule has 0 aromatic heterocycles. The van der Waals surface area contributed by atoms with Crippen molar-refractivity contribution in [3.63, 3.8) is 0 Å². The Morgan fingerprint density at radius 3 is 2.44 bits per heavy atom. The molecule has 0 radical (unpaired) electrons. The Kier molecular flexibility index (Phi) is 5.74. The van der Waals surface area contributed by atoms with E-state index in [4.69, 9.17) is 9.84 Å². The van der Waals surface area contributed by atoms with Crippen LogP contribution in [0.5, 0.6) is 5.75 Å². The third-order valence-electron chi connectivity index (χ3n) is 4.74. The number of carbonyl (C=O) groups excluding carboxylic acids is 1. The van der Waals surface area contributed by atoms with Gasteiger partial charge in [0.15, 0.2) is 0 Å². The highest BCUT2D eigenvalue weighted by molar-refractivity contribution is 5.97. The van der Waals surface area contributed by atoms with Gasteiger partial charge in [-0.3, -0.25) is 9.59 Å². The zero-order chi connectivity index (χ0) is 19.3. The lowest BCUT2D eigenvalue weighted by Gasteiger charge is -2.16. The SMILES string of the molecule is O=C(O)CCCOc1ccc(NC(=O)C2(Cc3ccccc3F)CC2)cc1. The van der Waals surface area contributed by atoms with Crippen molar-refractivity contribution in [2.75, 3.05) is 11.9 Å². The summed E-state index contributed by atoms with van der Waals surface area (Å²) in [5.41, 5.74) is 0.682. The maximum atomic E-state index is 13.9. The van der Waals surface area contributed by atoms with Crippen LogP contribution in [-0.2, 0) is 16.0 Å². The van der Waals surface area contributed by atoms with Crippen LogP contribution < -0.4 is 10.1 Å². The van der Waals surface area contributed by atoms with Crippen molar-refractivity contribution in [3.8, 4) is 5.75 Å². The van der Waals surface area contributed by atoms with Gasteiger partial charge in [0.1, 0.15) is 11.6 Å². The van der Waals surface area contributed by atoms with Crippen LogP contribution in [0.4, 0.5) is 10.1 Å². The van der Waals surface area contributed by atoms with Gasteiger partial charge < -0.3 is 15.2 Å². The van der Waals surface area contributed by atoms with Gasteiger partial charge in [0, 0.05) is 12.1 Å². The van der Waals surface area contributed by atoms with E-state index < -0.39 is 11.4 Å². The van der Waals surface area contributed by atoms with E-state index in [9.17, 15) is 14.0 Å². The van der Waals surface area contributed by atoms with Crippen molar-refractivity contribution in [1.82, 2.24) is 0 Å². The number of anilines is 1.